The van der Waals surface area contributed by atoms with Crippen molar-refractivity contribution >= 4 is 27.0 Å². The predicted octanol–water partition coefficient (Wildman–Crippen LogP) is 6.98. The van der Waals surface area contributed by atoms with Crippen LogP contribution in [0.1, 0.15) is 62.8 Å². The van der Waals surface area contributed by atoms with Crippen LogP contribution in [0.2, 0.25) is 0 Å². The third-order valence-corrected chi connectivity index (χ3v) is 5.94. The lowest BCUT2D eigenvalue weighted by Crippen LogP contribution is -2.05. The molecular formula is C20H25FS. The SMILES string of the molecule is CCCc1cc2ccc(C3=CCC(CCC)CC3)c(F)c2s1. The minimum absolute atomic E-state index is 0.00467. The van der Waals surface area contributed by atoms with Gasteiger partial charge in [0.1, 0.15) is 5.82 Å². The van der Waals surface area contributed by atoms with Crippen LogP contribution in [0, 0.1) is 11.7 Å². The molecule has 1 aromatic carbocycles. The molecule has 1 heterocycles. The summed E-state index contributed by atoms with van der Waals surface area (Å²) in [5.74, 6) is 0.809. The molecule has 1 aliphatic carbocycles. The fourth-order valence-corrected chi connectivity index (χ4v) is 4.74. The molecule has 22 heavy (non-hydrogen) atoms. The van der Waals surface area contributed by atoms with Gasteiger partial charge in [0.05, 0.1) is 4.70 Å². The first-order chi connectivity index (χ1) is 10.7. The summed E-state index contributed by atoms with van der Waals surface area (Å²) in [6.45, 7) is 4.42. The van der Waals surface area contributed by atoms with Gasteiger partial charge < -0.3 is 0 Å². The van der Waals surface area contributed by atoms with Gasteiger partial charge in [0.15, 0.2) is 0 Å². The molecule has 1 aromatic heterocycles. The minimum atomic E-state index is 0.00467. The molecule has 0 fully saturated rings. The molecule has 0 aliphatic heterocycles. The number of aryl methyl sites for hydroxylation is 1. The van der Waals surface area contributed by atoms with Crippen LogP contribution in [0.3, 0.4) is 0 Å². The summed E-state index contributed by atoms with van der Waals surface area (Å²) in [7, 11) is 0. The van der Waals surface area contributed by atoms with E-state index in [1.54, 1.807) is 11.3 Å². The monoisotopic (exact) mass is 316 g/mol. The third kappa shape index (κ3) is 3.12. The van der Waals surface area contributed by atoms with Crippen molar-refractivity contribution in [2.24, 2.45) is 5.92 Å². The van der Waals surface area contributed by atoms with Crippen LogP contribution < -0.4 is 0 Å². The summed E-state index contributed by atoms with van der Waals surface area (Å²) < 4.78 is 15.8. The first-order valence-corrected chi connectivity index (χ1v) is 9.44. The van der Waals surface area contributed by atoms with E-state index in [1.165, 1.54) is 29.7 Å². The maximum atomic E-state index is 14.9. The van der Waals surface area contributed by atoms with Crippen LogP contribution >= 0.6 is 11.3 Å². The summed E-state index contributed by atoms with van der Waals surface area (Å²) in [6, 6.07) is 6.25. The van der Waals surface area contributed by atoms with Crippen LogP contribution in [0.4, 0.5) is 4.39 Å². The quantitative estimate of drug-likeness (QED) is 0.558. The molecule has 0 amide bonds. The molecule has 1 atom stereocenters. The van der Waals surface area contributed by atoms with E-state index < -0.39 is 0 Å². The summed E-state index contributed by atoms with van der Waals surface area (Å²) in [5.41, 5.74) is 2.06. The fourth-order valence-electron chi connectivity index (χ4n) is 3.54. The van der Waals surface area contributed by atoms with Crippen molar-refractivity contribution in [2.75, 3.05) is 0 Å². The standard InChI is InChI=1S/C20H25FS/c1-3-5-14-7-9-15(10-8-14)18-12-11-16-13-17(6-4-2)22-20(16)19(18)21/h9,11-14H,3-8,10H2,1-2H3. The van der Waals surface area contributed by atoms with Crippen molar-refractivity contribution < 1.29 is 4.39 Å². The molecular weight excluding hydrogens is 291 g/mol. The van der Waals surface area contributed by atoms with Gasteiger partial charge in [0.25, 0.3) is 0 Å². The molecule has 2 heteroatoms. The van der Waals surface area contributed by atoms with Gasteiger partial charge in [-0.05, 0) is 48.6 Å². The number of fused-ring (bicyclic) bond motifs is 1. The normalized spacial score (nSPS) is 18.7. The highest BCUT2D eigenvalue weighted by molar-refractivity contribution is 7.19. The highest BCUT2D eigenvalue weighted by Crippen LogP contribution is 2.37. The number of hydrogen-bond acceptors (Lipinski definition) is 1. The van der Waals surface area contributed by atoms with E-state index in [1.807, 2.05) is 6.07 Å². The molecule has 0 saturated heterocycles. The highest BCUT2D eigenvalue weighted by Gasteiger charge is 2.18. The van der Waals surface area contributed by atoms with E-state index in [9.17, 15) is 4.39 Å². The number of hydrogen-bond donors (Lipinski definition) is 0. The molecule has 2 aromatic rings. The Labute approximate surface area is 137 Å². The summed E-state index contributed by atoms with van der Waals surface area (Å²) in [4.78, 5) is 1.30. The molecule has 0 radical (unpaired) electrons. The molecule has 0 bridgehead atoms. The van der Waals surface area contributed by atoms with E-state index in [0.717, 1.165) is 47.3 Å². The Balaban J connectivity index is 1.90. The number of benzene rings is 1. The Bertz CT molecular complexity index is 680. The van der Waals surface area contributed by atoms with Crippen LogP contribution in [-0.4, -0.2) is 0 Å². The van der Waals surface area contributed by atoms with Gasteiger partial charge in [-0.15, -0.1) is 11.3 Å². The zero-order valence-electron chi connectivity index (χ0n) is 13.6. The summed E-state index contributed by atoms with van der Waals surface area (Å²) >= 11 is 1.63. The maximum Gasteiger partial charge on any atom is 0.148 e. The lowest BCUT2D eigenvalue weighted by Gasteiger charge is -2.22. The van der Waals surface area contributed by atoms with Gasteiger partial charge >= 0.3 is 0 Å². The van der Waals surface area contributed by atoms with Crippen molar-refractivity contribution in [1.29, 1.82) is 0 Å². The van der Waals surface area contributed by atoms with Crippen LogP contribution in [0.15, 0.2) is 24.3 Å². The molecule has 0 saturated carbocycles. The number of thiophene rings is 1. The Morgan fingerprint density at radius 1 is 1.23 bits per heavy atom. The Morgan fingerprint density at radius 3 is 2.77 bits per heavy atom. The summed E-state index contributed by atoms with van der Waals surface area (Å²) in [5, 5.41) is 1.06. The molecule has 0 spiro atoms. The first kappa shape index (κ1) is 15.7. The maximum absolute atomic E-state index is 14.9. The second kappa shape index (κ2) is 6.95. The van der Waals surface area contributed by atoms with Crippen molar-refractivity contribution in [3.05, 3.63) is 40.5 Å². The minimum Gasteiger partial charge on any atom is -0.205 e. The van der Waals surface area contributed by atoms with Gasteiger partial charge in [0.2, 0.25) is 0 Å². The van der Waals surface area contributed by atoms with Crippen molar-refractivity contribution in [3.8, 4) is 0 Å². The van der Waals surface area contributed by atoms with E-state index in [4.69, 9.17) is 0 Å². The number of allylic oxidation sites excluding steroid dienone is 2. The zero-order chi connectivity index (χ0) is 15.5. The lowest BCUT2D eigenvalue weighted by molar-refractivity contribution is 0.444. The molecule has 3 rings (SSSR count). The first-order valence-electron chi connectivity index (χ1n) is 8.63. The van der Waals surface area contributed by atoms with Gasteiger partial charge in [-0.1, -0.05) is 51.3 Å². The topological polar surface area (TPSA) is 0 Å². The van der Waals surface area contributed by atoms with Crippen molar-refractivity contribution in [2.45, 2.75) is 58.8 Å². The Kier molecular flexibility index (Phi) is 4.97. The fraction of sp³-hybridized carbons (Fsp3) is 0.500. The van der Waals surface area contributed by atoms with Crippen molar-refractivity contribution in [3.63, 3.8) is 0 Å². The molecule has 1 unspecified atom stereocenters. The van der Waals surface area contributed by atoms with Gasteiger partial charge in [-0.25, -0.2) is 4.39 Å². The second-order valence-electron chi connectivity index (χ2n) is 6.47. The predicted molar refractivity (Wildman–Crippen MR) is 96.0 cm³/mol. The van der Waals surface area contributed by atoms with Crippen LogP contribution in [-0.2, 0) is 6.42 Å². The molecule has 0 N–H and O–H groups in total. The lowest BCUT2D eigenvalue weighted by atomic mass is 9.84. The largest absolute Gasteiger partial charge is 0.205 e. The number of halogens is 1. The van der Waals surface area contributed by atoms with Crippen LogP contribution in [0.5, 0.6) is 0 Å². The smallest absolute Gasteiger partial charge is 0.148 e. The highest BCUT2D eigenvalue weighted by atomic mass is 32.1. The zero-order valence-corrected chi connectivity index (χ0v) is 14.4. The second-order valence-corrected chi connectivity index (χ2v) is 7.60. The average Bonchev–Trinajstić information content (AvgIpc) is 2.93. The molecule has 118 valence electrons. The van der Waals surface area contributed by atoms with Crippen molar-refractivity contribution in [1.82, 2.24) is 0 Å². The Hall–Kier alpha value is -1.15. The number of rotatable bonds is 5. The van der Waals surface area contributed by atoms with Crippen LogP contribution in [0.25, 0.3) is 15.7 Å². The molecule has 1 aliphatic rings. The van der Waals surface area contributed by atoms with E-state index in [-0.39, 0.29) is 5.82 Å². The third-order valence-electron chi connectivity index (χ3n) is 4.74. The van der Waals surface area contributed by atoms with Gasteiger partial charge in [-0.3, -0.25) is 0 Å². The van der Waals surface area contributed by atoms with Gasteiger partial charge in [-0.2, -0.15) is 0 Å². The van der Waals surface area contributed by atoms with Gasteiger partial charge in [0, 0.05) is 10.4 Å². The Morgan fingerprint density at radius 2 is 2.09 bits per heavy atom. The van der Waals surface area contributed by atoms with E-state index in [2.05, 4.69) is 32.1 Å². The molecule has 0 nitrogen and oxygen atoms in total. The van der Waals surface area contributed by atoms with E-state index in [0.29, 0.717) is 0 Å². The summed E-state index contributed by atoms with van der Waals surface area (Å²) in [6.07, 6.45) is 10.4. The van der Waals surface area contributed by atoms with E-state index >= 15 is 0 Å². The average molecular weight is 316 g/mol.